The number of nitrogens with one attached hydrogen (secondary N) is 1. The van der Waals surface area contributed by atoms with Crippen molar-refractivity contribution in [3.8, 4) is 0 Å². The van der Waals surface area contributed by atoms with E-state index in [0.717, 1.165) is 9.87 Å². The van der Waals surface area contributed by atoms with Crippen LogP contribution in [0.15, 0.2) is 41.6 Å². The number of nitrogens with zero attached hydrogens (tertiary/aromatic N) is 3. The van der Waals surface area contributed by atoms with Crippen LogP contribution in [0.5, 0.6) is 0 Å². The molecule has 0 radical (unpaired) electrons. The van der Waals surface area contributed by atoms with Crippen LogP contribution in [0.4, 0.5) is 5.82 Å². The van der Waals surface area contributed by atoms with Crippen molar-refractivity contribution in [3.05, 3.63) is 47.9 Å². The van der Waals surface area contributed by atoms with Crippen LogP contribution in [0, 0.1) is 0 Å². The molecule has 1 unspecified atom stereocenters. The molecular weight excluding hydrogens is 332 g/mol. The van der Waals surface area contributed by atoms with Gasteiger partial charge in [0.25, 0.3) is 0 Å². The first kappa shape index (κ1) is 17.8. The second-order valence-electron chi connectivity index (χ2n) is 5.31. The van der Waals surface area contributed by atoms with Gasteiger partial charge in [0, 0.05) is 20.1 Å². The number of benzene rings is 1. The topological polar surface area (TPSA) is 112 Å². The van der Waals surface area contributed by atoms with Crippen molar-refractivity contribution >= 4 is 21.8 Å². The monoisotopic (exact) mass is 350 g/mol. The van der Waals surface area contributed by atoms with Crippen LogP contribution in [0.2, 0.25) is 0 Å². The highest BCUT2D eigenvalue weighted by Gasteiger charge is 2.17. The quantitative estimate of drug-likeness (QED) is 0.813. The van der Waals surface area contributed by atoms with Gasteiger partial charge in [-0.15, -0.1) is 0 Å². The number of carboxylic acids is 1. The summed E-state index contributed by atoms with van der Waals surface area (Å²) in [5, 5.41) is 11.9. The summed E-state index contributed by atoms with van der Waals surface area (Å²) in [6.07, 6.45) is 2.51. The van der Waals surface area contributed by atoms with Crippen molar-refractivity contribution in [3.63, 3.8) is 0 Å². The number of aromatic nitrogens is 2. The van der Waals surface area contributed by atoms with Gasteiger partial charge in [0.1, 0.15) is 5.82 Å². The minimum atomic E-state index is -3.46. The fraction of sp³-hybridized carbons (Fsp3) is 0.267. The van der Waals surface area contributed by atoms with Crippen molar-refractivity contribution in [1.29, 1.82) is 0 Å². The Morgan fingerprint density at radius 3 is 2.25 bits per heavy atom. The largest absolute Gasteiger partial charge is 0.476 e. The van der Waals surface area contributed by atoms with Gasteiger partial charge in [-0.3, -0.25) is 0 Å². The first-order valence-electron chi connectivity index (χ1n) is 7.06. The van der Waals surface area contributed by atoms with Crippen LogP contribution < -0.4 is 5.32 Å². The predicted molar refractivity (Wildman–Crippen MR) is 88.3 cm³/mol. The maximum Gasteiger partial charge on any atom is 0.356 e. The summed E-state index contributed by atoms with van der Waals surface area (Å²) in [5.74, 6) is -0.711. The number of sulfonamides is 1. The zero-order valence-electron chi connectivity index (χ0n) is 13.5. The van der Waals surface area contributed by atoms with Crippen molar-refractivity contribution < 1.29 is 18.3 Å². The van der Waals surface area contributed by atoms with E-state index in [0.29, 0.717) is 5.82 Å². The van der Waals surface area contributed by atoms with E-state index >= 15 is 0 Å². The minimum absolute atomic E-state index is 0.133. The third kappa shape index (κ3) is 3.87. The van der Waals surface area contributed by atoms with E-state index in [1.807, 2.05) is 6.92 Å². The summed E-state index contributed by atoms with van der Waals surface area (Å²) in [7, 11) is -0.498. The Hall–Kier alpha value is -2.52. The smallest absolute Gasteiger partial charge is 0.356 e. The van der Waals surface area contributed by atoms with Crippen molar-refractivity contribution in [1.82, 2.24) is 14.3 Å². The molecule has 2 N–H and O–H groups in total. The molecule has 1 heterocycles. The highest BCUT2D eigenvalue weighted by molar-refractivity contribution is 7.89. The van der Waals surface area contributed by atoms with Crippen molar-refractivity contribution in [2.75, 3.05) is 19.4 Å². The van der Waals surface area contributed by atoms with Crippen LogP contribution in [-0.2, 0) is 10.0 Å². The van der Waals surface area contributed by atoms with E-state index in [1.165, 1.54) is 26.5 Å². The number of anilines is 1. The molecule has 0 aliphatic carbocycles. The molecule has 1 aromatic carbocycles. The van der Waals surface area contributed by atoms with Gasteiger partial charge in [-0.2, -0.15) is 0 Å². The Morgan fingerprint density at radius 1 is 1.17 bits per heavy atom. The number of aromatic carboxylic acids is 1. The average molecular weight is 350 g/mol. The third-order valence-corrected chi connectivity index (χ3v) is 5.22. The molecule has 2 rings (SSSR count). The van der Waals surface area contributed by atoms with Crippen LogP contribution in [-0.4, -0.2) is 47.9 Å². The Labute approximate surface area is 140 Å². The molecule has 9 heteroatoms. The average Bonchev–Trinajstić information content (AvgIpc) is 2.55. The lowest BCUT2D eigenvalue weighted by molar-refractivity contribution is 0.0690. The highest BCUT2D eigenvalue weighted by Crippen LogP contribution is 2.20. The summed E-state index contributed by atoms with van der Waals surface area (Å²) in [5.41, 5.74) is 0.725. The molecule has 0 saturated carbocycles. The maximum absolute atomic E-state index is 12.0. The molecule has 0 fully saturated rings. The van der Waals surface area contributed by atoms with Gasteiger partial charge in [-0.05, 0) is 24.6 Å². The molecule has 24 heavy (non-hydrogen) atoms. The summed E-state index contributed by atoms with van der Waals surface area (Å²) < 4.78 is 25.2. The van der Waals surface area contributed by atoms with E-state index in [1.54, 1.807) is 24.3 Å². The van der Waals surface area contributed by atoms with E-state index in [2.05, 4.69) is 15.3 Å². The first-order chi connectivity index (χ1) is 11.2. The predicted octanol–water partition coefficient (Wildman–Crippen LogP) is 1.60. The van der Waals surface area contributed by atoms with Crippen LogP contribution in [0.1, 0.15) is 29.0 Å². The molecule has 0 aliphatic rings. The number of carbonyl (C=O) groups is 1. The normalized spacial score (nSPS) is 12.8. The molecule has 1 atom stereocenters. The number of hydrogen-bond acceptors (Lipinski definition) is 6. The first-order valence-corrected chi connectivity index (χ1v) is 8.50. The fourth-order valence-electron chi connectivity index (χ4n) is 1.96. The van der Waals surface area contributed by atoms with Gasteiger partial charge >= 0.3 is 5.97 Å². The third-order valence-electron chi connectivity index (χ3n) is 3.39. The Morgan fingerprint density at radius 2 is 1.79 bits per heavy atom. The zero-order valence-corrected chi connectivity index (χ0v) is 14.3. The summed E-state index contributed by atoms with van der Waals surface area (Å²) in [6.45, 7) is 1.88. The van der Waals surface area contributed by atoms with E-state index < -0.39 is 16.0 Å². The molecule has 0 amide bonds. The Bertz CT molecular complexity index is 818. The van der Waals surface area contributed by atoms with Gasteiger partial charge in [-0.25, -0.2) is 27.5 Å². The van der Waals surface area contributed by atoms with Crippen LogP contribution in [0.3, 0.4) is 0 Å². The SMILES string of the molecule is CC(Nc1cnc(C(=O)O)cn1)c1ccc(S(=O)(=O)N(C)C)cc1. The molecule has 2 aromatic rings. The van der Waals surface area contributed by atoms with Gasteiger partial charge < -0.3 is 10.4 Å². The van der Waals surface area contributed by atoms with Crippen molar-refractivity contribution in [2.24, 2.45) is 0 Å². The molecule has 128 valence electrons. The molecule has 8 nitrogen and oxygen atoms in total. The number of hydrogen-bond donors (Lipinski definition) is 2. The lowest BCUT2D eigenvalue weighted by atomic mass is 10.1. The Kier molecular flexibility index (Phi) is 5.15. The zero-order chi connectivity index (χ0) is 17.9. The van der Waals surface area contributed by atoms with Gasteiger partial charge in [0.05, 0.1) is 17.3 Å². The summed E-state index contributed by atoms with van der Waals surface area (Å²) in [4.78, 5) is 18.7. The Balaban J connectivity index is 2.13. The number of carboxylic acid groups (broad SMARTS) is 1. The molecule has 0 spiro atoms. The lowest BCUT2D eigenvalue weighted by Gasteiger charge is -2.16. The van der Waals surface area contributed by atoms with Crippen LogP contribution in [0.25, 0.3) is 0 Å². The van der Waals surface area contributed by atoms with Gasteiger partial charge in [0.15, 0.2) is 5.69 Å². The highest BCUT2D eigenvalue weighted by atomic mass is 32.2. The van der Waals surface area contributed by atoms with Crippen molar-refractivity contribution in [2.45, 2.75) is 17.9 Å². The summed E-state index contributed by atoms with van der Waals surface area (Å²) in [6, 6.07) is 6.36. The second-order valence-corrected chi connectivity index (χ2v) is 7.47. The van der Waals surface area contributed by atoms with Gasteiger partial charge in [-0.1, -0.05) is 12.1 Å². The van der Waals surface area contributed by atoms with Gasteiger partial charge in [0.2, 0.25) is 10.0 Å². The van der Waals surface area contributed by atoms with E-state index in [9.17, 15) is 13.2 Å². The molecular formula is C15H18N4O4S. The van der Waals surface area contributed by atoms with E-state index in [4.69, 9.17) is 5.11 Å². The van der Waals surface area contributed by atoms with E-state index in [-0.39, 0.29) is 16.6 Å². The maximum atomic E-state index is 12.0. The summed E-state index contributed by atoms with van der Waals surface area (Å²) >= 11 is 0. The second kappa shape index (κ2) is 6.93. The standard InChI is InChI=1S/C15H18N4O4S/c1-10(18-14-9-16-13(8-17-14)15(20)21)11-4-6-12(7-5-11)24(22,23)19(2)3/h4-10H,1-3H3,(H,17,18)(H,20,21). The molecule has 1 aromatic heterocycles. The number of rotatable bonds is 6. The minimum Gasteiger partial charge on any atom is -0.476 e. The van der Waals surface area contributed by atoms with Crippen LogP contribution >= 0.6 is 0 Å². The lowest BCUT2D eigenvalue weighted by Crippen LogP contribution is -2.22. The fourth-order valence-corrected chi connectivity index (χ4v) is 2.86. The molecule has 0 aliphatic heterocycles. The molecule has 0 bridgehead atoms. The molecule has 0 saturated heterocycles.